The summed E-state index contributed by atoms with van der Waals surface area (Å²) in [6.07, 6.45) is 2.27. The van der Waals surface area contributed by atoms with E-state index in [0.717, 1.165) is 12.4 Å². The second kappa shape index (κ2) is 9.64. The van der Waals surface area contributed by atoms with Crippen molar-refractivity contribution in [2.24, 2.45) is 16.3 Å². The van der Waals surface area contributed by atoms with Crippen LogP contribution in [0.25, 0.3) is 0 Å². The van der Waals surface area contributed by atoms with Gasteiger partial charge in [0.05, 0.1) is 0 Å². The highest BCUT2D eigenvalue weighted by atomic mass is 16.1. The van der Waals surface area contributed by atoms with Crippen molar-refractivity contribution in [2.75, 3.05) is 20.1 Å². The van der Waals surface area contributed by atoms with Crippen molar-refractivity contribution in [3.05, 3.63) is 0 Å². The van der Waals surface area contributed by atoms with Crippen molar-refractivity contribution in [2.45, 2.75) is 60.4 Å². The predicted octanol–water partition coefficient (Wildman–Crippen LogP) is 2.14. The van der Waals surface area contributed by atoms with Gasteiger partial charge < -0.3 is 16.0 Å². The van der Waals surface area contributed by atoms with Gasteiger partial charge in [0.25, 0.3) is 0 Å². The molecular formula is C16H34N4O. The third-order valence-electron chi connectivity index (χ3n) is 3.18. The Morgan fingerprint density at radius 3 is 2.14 bits per heavy atom. The molecule has 3 N–H and O–H groups in total. The molecule has 0 aliphatic heterocycles. The molecule has 21 heavy (non-hydrogen) atoms. The molecule has 1 amide bonds. The summed E-state index contributed by atoms with van der Waals surface area (Å²) in [5.74, 6) is 0.897. The molecule has 0 saturated heterocycles. The van der Waals surface area contributed by atoms with E-state index in [9.17, 15) is 4.79 Å². The van der Waals surface area contributed by atoms with Gasteiger partial charge in [0, 0.05) is 32.1 Å². The van der Waals surface area contributed by atoms with Crippen LogP contribution in [0.15, 0.2) is 4.99 Å². The van der Waals surface area contributed by atoms with Gasteiger partial charge in [-0.2, -0.15) is 0 Å². The van der Waals surface area contributed by atoms with Crippen molar-refractivity contribution < 1.29 is 4.79 Å². The van der Waals surface area contributed by atoms with Gasteiger partial charge in [0.15, 0.2) is 5.96 Å². The zero-order valence-electron chi connectivity index (χ0n) is 14.8. The van der Waals surface area contributed by atoms with Gasteiger partial charge in [0.1, 0.15) is 0 Å². The van der Waals surface area contributed by atoms with Crippen LogP contribution in [-0.4, -0.2) is 38.0 Å². The molecule has 0 heterocycles. The number of rotatable bonds is 7. The molecule has 0 bridgehead atoms. The van der Waals surface area contributed by atoms with Crippen molar-refractivity contribution in [1.29, 1.82) is 0 Å². The summed E-state index contributed by atoms with van der Waals surface area (Å²) in [7, 11) is 1.76. The highest BCUT2D eigenvalue weighted by Gasteiger charge is 2.13. The molecule has 1 atom stereocenters. The zero-order valence-corrected chi connectivity index (χ0v) is 14.8. The number of nitrogens with one attached hydrogen (secondary N) is 3. The van der Waals surface area contributed by atoms with Crippen molar-refractivity contribution in [1.82, 2.24) is 16.0 Å². The average molecular weight is 298 g/mol. The molecule has 0 aromatic carbocycles. The van der Waals surface area contributed by atoms with Gasteiger partial charge in [-0.25, -0.2) is 0 Å². The lowest BCUT2D eigenvalue weighted by Crippen LogP contribution is -2.45. The van der Waals surface area contributed by atoms with E-state index in [1.165, 1.54) is 6.42 Å². The van der Waals surface area contributed by atoms with E-state index in [1.807, 2.05) is 13.8 Å². The summed E-state index contributed by atoms with van der Waals surface area (Å²) in [6, 6.07) is 0.376. The second-order valence-corrected chi connectivity index (χ2v) is 7.09. The first-order valence-electron chi connectivity index (χ1n) is 7.90. The summed E-state index contributed by atoms with van der Waals surface area (Å²) in [5, 5.41) is 9.47. The maximum atomic E-state index is 11.4. The number of amides is 1. The molecule has 0 aliphatic rings. The topological polar surface area (TPSA) is 65.5 Å². The molecule has 0 saturated carbocycles. The fraction of sp³-hybridized carbons (Fsp3) is 0.875. The molecule has 124 valence electrons. The Labute approximate surface area is 130 Å². The summed E-state index contributed by atoms with van der Waals surface area (Å²) in [5.41, 5.74) is 0.355. The van der Waals surface area contributed by atoms with Gasteiger partial charge in [-0.15, -0.1) is 0 Å². The average Bonchev–Trinajstić information content (AvgIpc) is 2.38. The number of hydrogen-bond acceptors (Lipinski definition) is 2. The molecule has 0 aromatic heterocycles. The first kappa shape index (κ1) is 19.7. The monoisotopic (exact) mass is 298 g/mol. The minimum atomic E-state index is 0.0276. The fourth-order valence-electron chi connectivity index (χ4n) is 1.72. The van der Waals surface area contributed by atoms with E-state index in [4.69, 9.17) is 0 Å². The Hall–Kier alpha value is -1.26. The Balaban J connectivity index is 3.94. The highest BCUT2D eigenvalue weighted by molar-refractivity contribution is 5.80. The van der Waals surface area contributed by atoms with Crippen molar-refractivity contribution >= 4 is 11.9 Å². The normalized spacial score (nSPS) is 14.0. The van der Waals surface area contributed by atoms with E-state index in [0.29, 0.717) is 24.5 Å². The smallest absolute Gasteiger partial charge is 0.222 e. The quantitative estimate of drug-likeness (QED) is 0.383. The molecular weight excluding hydrogens is 264 g/mol. The maximum Gasteiger partial charge on any atom is 0.222 e. The Bertz CT molecular complexity index is 332. The molecule has 5 nitrogen and oxygen atoms in total. The molecule has 0 rings (SSSR count). The summed E-state index contributed by atoms with van der Waals surface area (Å²) < 4.78 is 0. The van der Waals surface area contributed by atoms with Gasteiger partial charge in [-0.05, 0) is 25.2 Å². The van der Waals surface area contributed by atoms with E-state index < -0.39 is 0 Å². The predicted molar refractivity (Wildman–Crippen MR) is 90.5 cm³/mol. The molecule has 0 aromatic rings. The number of hydrogen-bond donors (Lipinski definition) is 3. The highest BCUT2D eigenvalue weighted by Crippen LogP contribution is 2.21. The lowest BCUT2D eigenvalue weighted by molar-refractivity contribution is -0.123. The minimum Gasteiger partial charge on any atom is -0.355 e. The SMILES string of the molecule is CN=C(NCCNC(=O)C(C)C)NC(C)CCC(C)(C)C. The molecule has 0 spiro atoms. The van der Waals surface area contributed by atoms with Gasteiger partial charge in [-0.3, -0.25) is 9.79 Å². The van der Waals surface area contributed by atoms with Crippen LogP contribution in [0.4, 0.5) is 0 Å². The molecule has 0 fully saturated rings. The van der Waals surface area contributed by atoms with Crippen LogP contribution in [0.3, 0.4) is 0 Å². The molecule has 5 heteroatoms. The van der Waals surface area contributed by atoms with Gasteiger partial charge >= 0.3 is 0 Å². The number of carbonyl (C=O) groups is 1. The van der Waals surface area contributed by atoms with Crippen LogP contribution >= 0.6 is 0 Å². The van der Waals surface area contributed by atoms with Crippen molar-refractivity contribution in [3.8, 4) is 0 Å². The number of carbonyl (C=O) groups excluding carboxylic acids is 1. The fourth-order valence-corrected chi connectivity index (χ4v) is 1.72. The Morgan fingerprint density at radius 2 is 1.67 bits per heavy atom. The summed E-state index contributed by atoms with van der Waals surface area (Å²) in [4.78, 5) is 15.6. The van der Waals surface area contributed by atoms with Crippen LogP contribution < -0.4 is 16.0 Å². The largest absolute Gasteiger partial charge is 0.355 e. The lowest BCUT2D eigenvalue weighted by Gasteiger charge is -2.23. The summed E-state index contributed by atoms with van der Waals surface area (Å²) >= 11 is 0. The number of nitrogens with zero attached hydrogens (tertiary/aromatic N) is 1. The van der Waals surface area contributed by atoms with Crippen LogP contribution in [0.2, 0.25) is 0 Å². The van der Waals surface area contributed by atoms with E-state index in [-0.39, 0.29) is 11.8 Å². The van der Waals surface area contributed by atoms with Crippen LogP contribution in [0.1, 0.15) is 54.4 Å². The van der Waals surface area contributed by atoms with Crippen LogP contribution in [-0.2, 0) is 4.79 Å². The van der Waals surface area contributed by atoms with Crippen LogP contribution in [0.5, 0.6) is 0 Å². The van der Waals surface area contributed by atoms with E-state index >= 15 is 0 Å². The summed E-state index contributed by atoms with van der Waals surface area (Å²) in [6.45, 7) is 14.0. The molecule has 0 aliphatic carbocycles. The van der Waals surface area contributed by atoms with Gasteiger partial charge in [-0.1, -0.05) is 34.6 Å². The Kier molecular flexibility index (Phi) is 9.06. The third kappa shape index (κ3) is 11.1. The Morgan fingerprint density at radius 1 is 1.10 bits per heavy atom. The first-order chi connectivity index (χ1) is 9.65. The minimum absolute atomic E-state index is 0.0276. The first-order valence-corrected chi connectivity index (χ1v) is 7.90. The standard InChI is InChI=1S/C16H34N4O/c1-12(2)14(21)18-10-11-19-15(17-7)20-13(3)8-9-16(4,5)6/h12-13H,8-11H2,1-7H3,(H,18,21)(H2,17,19,20). The number of aliphatic imine (C=N–C) groups is 1. The third-order valence-corrected chi connectivity index (χ3v) is 3.18. The lowest BCUT2D eigenvalue weighted by atomic mass is 9.89. The van der Waals surface area contributed by atoms with Crippen LogP contribution in [0, 0.1) is 11.3 Å². The van der Waals surface area contributed by atoms with Crippen molar-refractivity contribution in [3.63, 3.8) is 0 Å². The van der Waals surface area contributed by atoms with E-state index in [2.05, 4.69) is 48.6 Å². The zero-order chi connectivity index (χ0) is 16.5. The second-order valence-electron chi connectivity index (χ2n) is 7.09. The number of guanidine groups is 1. The van der Waals surface area contributed by atoms with E-state index in [1.54, 1.807) is 7.05 Å². The maximum absolute atomic E-state index is 11.4. The molecule has 1 unspecified atom stereocenters. The molecule has 0 radical (unpaired) electrons. The van der Waals surface area contributed by atoms with Gasteiger partial charge in [0.2, 0.25) is 5.91 Å².